The average molecular weight is 399 g/mol. The zero-order chi connectivity index (χ0) is 19.6. The van der Waals surface area contributed by atoms with Crippen molar-refractivity contribution >= 4 is 28.1 Å². The first-order valence-corrected chi connectivity index (χ1v) is 9.43. The first-order valence-electron chi connectivity index (χ1n) is 8.55. The fraction of sp³-hybridized carbons (Fsp3) is 0.471. The minimum atomic E-state index is -4.47. The lowest BCUT2D eigenvalue weighted by molar-refractivity contribution is -0.141. The fourth-order valence-corrected chi connectivity index (χ4v) is 3.71. The van der Waals surface area contributed by atoms with Gasteiger partial charge < -0.3 is 16.4 Å². The molecule has 10 heteroatoms. The third kappa shape index (κ3) is 5.09. The van der Waals surface area contributed by atoms with Crippen molar-refractivity contribution in [1.82, 2.24) is 15.3 Å². The van der Waals surface area contributed by atoms with Crippen LogP contribution in [0.5, 0.6) is 0 Å². The number of thiazole rings is 1. The zero-order valence-corrected chi connectivity index (χ0v) is 15.5. The lowest BCUT2D eigenvalue weighted by atomic mass is 9.91. The van der Waals surface area contributed by atoms with Crippen molar-refractivity contribution in [3.05, 3.63) is 34.6 Å². The Balaban J connectivity index is 1.54. The molecule has 0 unspecified atom stereocenters. The molecule has 2 aromatic heterocycles. The highest BCUT2D eigenvalue weighted by atomic mass is 32.1. The highest BCUT2D eigenvalue weighted by Crippen LogP contribution is 2.31. The molecule has 0 spiro atoms. The standard InChI is InChI=1S/C17H20F3N5OS/c1-9-6-12(7-14(22-9)17(18,19)20)23-10-2-4-11(5-3-10)24-15(26)13-8-27-16(21)25-13/h6-8,10-11H,2-5H2,1H3,(H2,21,25)(H,22,23)(H,24,26)/t10-,11+. The molecule has 3 rings (SSSR count). The van der Waals surface area contributed by atoms with E-state index >= 15 is 0 Å². The van der Waals surface area contributed by atoms with Crippen LogP contribution in [0.1, 0.15) is 47.6 Å². The monoisotopic (exact) mass is 399 g/mol. The third-order valence-corrected chi connectivity index (χ3v) is 5.11. The maximum atomic E-state index is 12.9. The van der Waals surface area contributed by atoms with Gasteiger partial charge in [0.05, 0.1) is 0 Å². The number of anilines is 2. The molecule has 2 heterocycles. The predicted molar refractivity (Wildman–Crippen MR) is 97.6 cm³/mol. The third-order valence-electron chi connectivity index (χ3n) is 4.43. The first kappa shape index (κ1) is 19.4. The topological polar surface area (TPSA) is 92.9 Å². The number of carbonyl (C=O) groups excluding carboxylic acids is 1. The van der Waals surface area contributed by atoms with Crippen LogP contribution in [0, 0.1) is 6.92 Å². The number of hydrogen-bond acceptors (Lipinski definition) is 6. The van der Waals surface area contributed by atoms with E-state index in [0.29, 0.717) is 22.2 Å². The van der Waals surface area contributed by atoms with Gasteiger partial charge in [0, 0.05) is 28.8 Å². The molecule has 0 aromatic carbocycles. The van der Waals surface area contributed by atoms with Crippen LogP contribution in [-0.2, 0) is 6.18 Å². The van der Waals surface area contributed by atoms with Gasteiger partial charge in [-0.25, -0.2) is 9.97 Å². The minimum absolute atomic E-state index is 0.0170. The number of carbonyl (C=O) groups is 1. The van der Waals surface area contributed by atoms with E-state index in [1.807, 2.05) is 0 Å². The summed E-state index contributed by atoms with van der Waals surface area (Å²) in [4.78, 5) is 19.6. The van der Waals surface area contributed by atoms with E-state index in [4.69, 9.17) is 5.73 Å². The van der Waals surface area contributed by atoms with Crippen LogP contribution in [0.25, 0.3) is 0 Å². The average Bonchev–Trinajstić information content (AvgIpc) is 3.02. The van der Waals surface area contributed by atoms with E-state index in [-0.39, 0.29) is 18.0 Å². The van der Waals surface area contributed by atoms with E-state index < -0.39 is 11.9 Å². The summed E-state index contributed by atoms with van der Waals surface area (Å²) in [6, 6.07) is 2.71. The van der Waals surface area contributed by atoms with Crippen molar-refractivity contribution in [3.8, 4) is 0 Å². The van der Waals surface area contributed by atoms with Crippen molar-refractivity contribution in [2.24, 2.45) is 0 Å². The summed E-state index contributed by atoms with van der Waals surface area (Å²) in [6.07, 6.45) is -1.51. The molecule has 4 N–H and O–H groups in total. The van der Waals surface area contributed by atoms with Crippen LogP contribution in [0.3, 0.4) is 0 Å². The number of alkyl halides is 3. The van der Waals surface area contributed by atoms with Crippen LogP contribution >= 0.6 is 11.3 Å². The van der Waals surface area contributed by atoms with Gasteiger partial charge >= 0.3 is 6.18 Å². The Labute approximate surface area is 158 Å². The summed E-state index contributed by atoms with van der Waals surface area (Å²) in [5.74, 6) is -0.251. The smallest absolute Gasteiger partial charge is 0.382 e. The Kier molecular flexibility index (Phi) is 5.54. The number of nitrogen functional groups attached to an aromatic ring is 1. The highest BCUT2D eigenvalue weighted by molar-refractivity contribution is 7.13. The van der Waals surface area contributed by atoms with Crippen LogP contribution in [-0.4, -0.2) is 28.0 Å². The Morgan fingerprint density at radius 2 is 1.85 bits per heavy atom. The number of aryl methyl sites for hydroxylation is 1. The van der Waals surface area contributed by atoms with Crippen molar-refractivity contribution < 1.29 is 18.0 Å². The Morgan fingerprint density at radius 3 is 2.44 bits per heavy atom. The molecule has 1 fully saturated rings. The maximum Gasteiger partial charge on any atom is 0.433 e. The lowest BCUT2D eigenvalue weighted by Gasteiger charge is -2.30. The number of nitrogens with zero attached hydrogens (tertiary/aromatic N) is 2. The number of nitrogens with one attached hydrogen (secondary N) is 2. The molecule has 146 valence electrons. The summed E-state index contributed by atoms with van der Waals surface area (Å²) in [7, 11) is 0. The van der Waals surface area contributed by atoms with E-state index in [0.717, 1.165) is 31.7 Å². The number of aromatic nitrogens is 2. The van der Waals surface area contributed by atoms with Gasteiger partial charge in [-0.05, 0) is 44.7 Å². The summed E-state index contributed by atoms with van der Waals surface area (Å²) < 4.78 is 38.7. The Morgan fingerprint density at radius 1 is 1.19 bits per heavy atom. The van der Waals surface area contributed by atoms with Gasteiger partial charge in [0.2, 0.25) is 0 Å². The maximum absolute atomic E-state index is 12.9. The Bertz CT molecular complexity index is 815. The molecular formula is C17H20F3N5OS. The zero-order valence-electron chi connectivity index (χ0n) is 14.6. The molecule has 0 radical (unpaired) electrons. The molecule has 0 bridgehead atoms. The molecule has 2 aromatic rings. The van der Waals surface area contributed by atoms with Gasteiger partial charge in [0.15, 0.2) is 5.13 Å². The molecule has 1 aliphatic rings. The van der Waals surface area contributed by atoms with E-state index in [1.54, 1.807) is 11.4 Å². The number of rotatable bonds is 4. The van der Waals surface area contributed by atoms with Gasteiger partial charge in [0.25, 0.3) is 5.91 Å². The van der Waals surface area contributed by atoms with Crippen molar-refractivity contribution in [1.29, 1.82) is 0 Å². The Hall–Kier alpha value is -2.36. The first-order chi connectivity index (χ1) is 12.7. The van der Waals surface area contributed by atoms with Crippen LogP contribution in [0.4, 0.5) is 24.0 Å². The van der Waals surface area contributed by atoms with Crippen LogP contribution in [0.15, 0.2) is 17.5 Å². The van der Waals surface area contributed by atoms with Gasteiger partial charge in [-0.15, -0.1) is 11.3 Å². The highest BCUT2D eigenvalue weighted by Gasteiger charge is 2.33. The molecule has 1 amide bonds. The summed E-state index contributed by atoms with van der Waals surface area (Å²) in [6.45, 7) is 1.54. The second-order valence-corrected chi connectivity index (χ2v) is 7.51. The van der Waals surface area contributed by atoms with Crippen molar-refractivity contribution in [2.75, 3.05) is 11.1 Å². The van der Waals surface area contributed by atoms with Gasteiger partial charge in [-0.2, -0.15) is 13.2 Å². The molecule has 0 aliphatic heterocycles. The molecule has 27 heavy (non-hydrogen) atoms. The SMILES string of the molecule is Cc1cc(N[C@H]2CC[C@@H](NC(=O)c3csc(N)n3)CC2)cc(C(F)(F)F)n1. The van der Waals surface area contributed by atoms with Gasteiger partial charge in [0.1, 0.15) is 11.4 Å². The van der Waals surface area contributed by atoms with Gasteiger partial charge in [-0.1, -0.05) is 0 Å². The molecule has 0 atom stereocenters. The molecule has 6 nitrogen and oxygen atoms in total. The van der Waals surface area contributed by atoms with Gasteiger partial charge in [-0.3, -0.25) is 4.79 Å². The predicted octanol–water partition coefficient (Wildman–Crippen LogP) is 3.60. The normalized spacial score (nSPS) is 20.3. The van der Waals surface area contributed by atoms with Crippen LogP contribution < -0.4 is 16.4 Å². The lowest BCUT2D eigenvalue weighted by Crippen LogP contribution is -2.40. The summed E-state index contributed by atoms with van der Waals surface area (Å²) in [5.41, 5.74) is 5.68. The molecular weight excluding hydrogens is 379 g/mol. The summed E-state index contributed by atoms with van der Waals surface area (Å²) >= 11 is 1.21. The second-order valence-electron chi connectivity index (χ2n) is 6.62. The summed E-state index contributed by atoms with van der Waals surface area (Å²) in [5, 5.41) is 8.06. The van der Waals surface area contributed by atoms with E-state index in [9.17, 15) is 18.0 Å². The fourth-order valence-electron chi connectivity index (χ4n) is 3.17. The number of nitrogens with two attached hydrogens (primary N) is 1. The molecule has 1 aliphatic carbocycles. The van der Waals surface area contributed by atoms with Crippen molar-refractivity contribution in [2.45, 2.75) is 50.9 Å². The quantitative estimate of drug-likeness (QED) is 0.731. The molecule has 0 saturated heterocycles. The van der Waals surface area contributed by atoms with Crippen LogP contribution in [0.2, 0.25) is 0 Å². The minimum Gasteiger partial charge on any atom is -0.382 e. The molecule has 1 saturated carbocycles. The van der Waals surface area contributed by atoms with E-state index in [1.165, 1.54) is 18.3 Å². The number of halogens is 3. The number of amides is 1. The number of hydrogen-bond donors (Lipinski definition) is 3. The van der Waals surface area contributed by atoms with Crippen molar-refractivity contribution in [3.63, 3.8) is 0 Å². The second kappa shape index (κ2) is 7.71. The largest absolute Gasteiger partial charge is 0.433 e. The number of pyridine rings is 1. The van der Waals surface area contributed by atoms with E-state index in [2.05, 4.69) is 20.6 Å².